The molecule has 0 radical (unpaired) electrons. The van der Waals surface area contributed by atoms with Gasteiger partial charge < -0.3 is 10.0 Å². The first-order valence-electron chi connectivity index (χ1n) is 6.06. The predicted molar refractivity (Wildman–Crippen MR) is 75.0 cm³/mol. The van der Waals surface area contributed by atoms with Crippen LogP contribution in [0.5, 0.6) is 0 Å². The number of aliphatic hydroxyl groups excluding tert-OH is 1. The Morgan fingerprint density at radius 2 is 2.17 bits per heavy atom. The normalized spacial score (nSPS) is 15.0. The Balaban J connectivity index is 2.03. The van der Waals surface area contributed by atoms with Crippen molar-refractivity contribution in [1.29, 1.82) is 0 Å². The summed E-state index contributed by atoms with van der Waals surface area (Å²) < 4.78 is 0.967. The summed E-state index contributed by atoms with van der Waals surface area (Å²) in [6.45, 7) is 0.439. The molecule has 0 bridgehead atoms. The summed E-state index contributed by atoms with van der Waals surface area (Å²) in [4.78, 5) is 13.8. The van der Waals surface area contributed by atoms with Crippen LogP contribution >= 0.6 is 15.9 Å². The van der Waals surface area contributed by atoms with Crippen molar-refractivity contribution in [2.45, 2.75) is 18.9 Å². The predicted octanol–water partition coefficient (Wildman–Crippen LogP) is 2.45. The third-order valence-corrected chi connectivity index (χ3v) is 3.64. The zero-order valence-electron chi connectivity index (χ0n) is 10.1. The SMILES string of the molecule is O=C(/C=C/c1ccccc1Br)N(CCO)C1CC1. The van der Waals surface area contributed by atoms with Gasteiger partial charge in [0.15, 0.2) is 0 Å². The Bertz CT molecular complexity index is 455. The van der Waals surface area contributed by atoms with Gasteiger partial charge in [-0.15, -0.1) is 0 Å². The summed E-state index contributed by atoms with van der Waals surface area (Å²) in [5, 5.41) is 8.97. The molecular formula is C14H16BrNO2. The van der Waals surface area contributed by atoms with Crippen molar-refractivity contribution in [1.82, 2.24) is 4.90 Å². The fraction of sp³-hybridized carbons (Fsp3) is 0.357. The lowest BCUT2D eigenvalue weighted by Crippen LogP contribution is -2.34. The number of benzene rings is 1. The number of halogens is 1. The highest BCUT2D eigenvalue weighted by Gasteiger charge is 2.30. The Labute approximate surface area is 115 Å². The van der Waals surface area contributed by atoms with Gasteiger partial charge >= 0.3 is 0 Å². The van der Waals surface area contributed by atoms with Crippen LogP contribution in [0.4, 0.5) is 0 Å². The van der Waals surface area contributed by atoms with E-state index in [-0.39, 0.29) is 12.5 Å². The molecule has 1 aliphatic carbocycles. The molecule has 4 heteroatoms. The molecule has 18 heavy (non-hydrogen) atoms. The fourth-order valence-corrected chi connectivity index (χ4v) is 2.25. The highest BCUT2D eigenvalue weighted by molar-refractivity contribution is 9.10. The number of nitrogens with zero attached hydrogens (tertiary/aromatic N) is 1. The second-order valence-electron chi connectivity index (χ2n) is 4.34. The average molecular weight is 310 g/mol. The van der Waals surface area contributed by atoms with Gasteiger partial charge in [-0.2, -0.15) is 0 Å². The fourth-order valence-electron chi connectivity index (χ4n) is 1.83. The van der Waals surface area contributed by atoms with E-state index in [2.05, 4.69) is 15.9 Å². The van der Waals surface area contributed by atoms with E-state index < -0.39 is 0 Å². The van der Waals surface area contributed by atoms with E-state index in [4.69, 9.17) is 5.11 Å². The third kappa shape index (κ3) is 3.43. The van der Waals surface area contributed by atoms with Gasteiger partial charge in [0.2, 0.25) is 5.91 Å². The number of rotatable bonds is 5. The minimum atomic E-state index is -0.0256. The van der Waals surface area contributed by atoms with Crippen LogP contribution < -0.4 is 0 Å². The van der Waals surface area contributed by atoms with Gasteiger partial charge in [0.25, 0.3) is 0 Å². The van der Waals surface area contributed by atoms with Crippen molar-refractivity contribution in [3.63, 3.8) is 0 Å². The van der Waals surface area contributed by atoms with Crippen molar-refractivity contribution >= 4 is 27.9 Å². The van der Waals surface area contributed by atoms with Crippen LogP contribution in [0, 0.1) is 0 Å². The Morgan fingerprint density at radius 3 is 2.78 bits per heavy atom. The molecule has 1 aromatic rings. The zero-order valence-corrected chi connectivity index (χ0v) is 11.6. The Morgan fingerprint density at radius 1 is 1.44 bits per heavy atom. The molecule has 0 aliphatic heterocycles. The smallest absolute Gasteiger partial charge is 0.246 e. The van der Waals surface area contributed by atoms with Gasteiger partial charge in [-0.1, -0.05) is 34.1 Å². The topological polar surface area (TPSA) is 40.5 Å². The van der Waals surface area contributed by atoms with Gasteiger partial charge in [-0.3, -0.25) is 4.79 Å². The summed E-state index contributed by atoms with van der Waals surface area (Å²) >= 11 is 3.44. The van der Waals surface area contributed by atoms with E-state index >= 15 is 0 Å². The summed E-state index contributed by atoms with van der Waals surface area (Å²) in [6.07, 6.45) is 5.48. The van der Waals surface area contributed by atoms with Gasteiger partial charge in [0, 0.05) is 23.1 Å². The van der Waals surface area contributed by atoms with Crippen LogP contribution in [0.25, 0.3) is 6.08 Å². The lowest BCUT2D eigenvalue weighted by atomic mass is 10.2. The van der Waals surface area contributed by atoms with Crippen molar-refractivity contribution < 1.29 is 9.90 Å². The molecule has 1 saturated carbocycles. The Hall–Kier alpha value is -1.13. The molecular weight excluding hydrogens is 294 g/mol. The molecule has 1 fully saturated rings. The molecule has 1 N–H and O–H groups in total. The molecule has 1 aromatic carbocycles. The first kappa shape index (κ1) is 13.3. The van der Waals surface area contributed by atoms with Crippen LogP contribution in [-0.4, -0.2) is 35.1 Å². The summed E-state index contributed by atoms with van der Waals surface area (Å²) in [6, 6.07) is 8.08. The van der Waals surface area contributed by atoms with Crippen LogP contribution in [0.3, 0.4) is 0 Å². The number of carbonyl (C=O) groups excluding carboxylic acids is 1. The largest absolute Gasteiger partial charge is 0.395 e. The number of hydrogen-bond acceptors (Lipinski definition) is 2. The second kappa shape index (κ2) is 6.16. The molecule has 2 rings (SSSR count). The molecule has 0 atom stereocenters. The van der Waals surface area contributed by atoms with Gasteiger partial charge in [0.05, 0.1) is 6.61 Å². The van der Waals surface area contributed by atoms with Crippen LogP contribution in [0.2, 0.25) is 0 Å². The molecule has 0 aromatic heterocycles. The number of hydrogen-bond donors (Lipinski definition) is 1. The molecule has 0 unspecified atom stereocenters. The van der Waals surface area contributed by atoms with Gasteiger partial charge in [0.1, 0.15) is 0 Å². The van der Waals surface area contributed by atoms with E-state index in [0.29, 0.717) is 12.6 Å². The summed E-state index contributed by atoms with van der Waals surface area (Å²) in [7, 11) is 0. The molecule has 0 heterocycles. The van der Waals surface area contributed by atoms with Crippen LogP contribution in [-0.2, 0) is 4.79 Å². The minimum absolute atomic E-state index is 0.0190. The summed E-state index contributed by atoms with van der Waals surface area (Å²) in [5.41, 5.74) is 0.977. The van der Waals surface area contributed by atoms with Crippen molar-refractivity contribution in [3.05, 3.63) is 40.4 Å². The number of amides is 1. The number of carbonyl (C=O) groups is 1. The quantitative estimate of drug-likeness (QED) is 0.849. The average Bonchev–Trinajstić information content (AvgIpc) is 3.19. The van der Waals surface area contributed by atoms with Crippen molar-refractivity contribution in [2.24, 2.45) is 0 Å². The molecule has 1 aliphatic rings. The molecule has 96 valence electrons. The lowest BCUT2D eigenvalue weighted by molar-refractivity contribution is -0.127. The molecule has 3 nitrogen and oxygen atoms in total. The lowest BCUT2D eigenvalue weighted by Gasteiger charge is -2.19. The van der Waals surface area contributed by atoms with Gasteiger partial charge in [-0.05, 0) is 30.5 Å². The first-order valence-corrected chi connectivity index (χ1v) is 6.85. The first-order chi connectivity index (χ1) is 8.72. The van der Waals surface area contributed by atoms with E-state index in [9.17, 15) is 4.79 Å². The monoisotopic (exact) mass is 309 g/mol. The number of aliphatic hydroxyl groups is 1. The summed E-state index contributed by atoms with van der Waals surface area (Å²) in [5.74, 6) is -0.0256. The van der Waals surface area contributed by atoms with Gasteiger partial charge in [-0.25, -0.2) is 0 Å². The molecule has 0 spiro atoms. The standard InChI is InChI=1S/C14H16BrNO2/c15-13-4-2-1-3-11(13)5-8-14(18)16(9-10-17)12-6-7-12/h1-5,8,12,17H,6-7,9-10H2/b8-5+. The zero-order chi connectivity index (χ0) is 13.0. The third-order valence-electron chi connectivity index (χ3n) is 2.92. The second-order valence-corrected chi connectivity index (χ2v) is 5.20. The van der Waals surface area contributed by atoms with Crippen molar-refractivity contribution in [3.8, 4) is 0 Å². The maximum absolute atomic E-state index is 12.0. The maximum atomic E-state index is 12.0. The highest BCUT2D eigenvalue weighted by Crippen LogP contribution is 2.27. The van der Waals surface area contributed by atoms with E-state index in [1.165, 1.54) is 0 Å². The highest BCUT2D eigenvalue weighted by atomic mass is 79.9. The van der Waals surface area contributed by atoms with E-state index in [1.54, 1.807) is 17.1 Å². The van der Waals surface area contributed by atoms with Crippen molar-refractivity contribution in [2.75, 3.05) is 13.2 Å². The molecule has 1 amide bonds. The van der Waals surface area contributed by atoms with E-state index in [0.717, 1.165) is 22.9 Å². The molecule has 0 saturated heterocycles. The van der Waals surface area contributed by atoms with Crippen LogP contribution in [0.1, 0.15) is 18.4 Å². The van der Waals surface area contributed by atoms with E-state index in [1.807, 2.05) is 24.3 Å². The minimum Gasteiger partial charge on any atom is -0.395 e. The van der Waals surface area contributed by atoms with Crippen LogP contribution in [0.15, 0.2) is 34.8 Å². The maximum Gasteiger partial charge on any atom is 0.246 e. The Kier molecular flexibility index (Phi) is 4.55.